The molecule has 2 aliphatic rings. The Morgan fingerprint density at radius 1 is 1.05 bits per heavy atom. The average Bonchev–Trinajstić information content (AvgIpc) is 3.10. The van der Waals surface area contributed by atoms with Crippen LogP contribution in [0.1, 0.15) is 30.4 Å². The van der Waals surface area contributed by atoms with Crippen molar-refractivity contribution in [3.8, 4) is 0 Å². The van der Waals surface area contributed by atoms with Crippen molar-refractivity contribution in [2.75, 3.05) is 0 Å². The Labute approximate surface area is 159 Å². The number of benzene rings is 1. The zero-order chi connectivity index (χ0) is 12.2. The fraction of sp³-hybridized carbons (Fsp3) is 0.278. The third kappa shape index (κ3) is 5.17. The Morgan fingerprint density at radius 3 is 2.52 bits per heavy atom. The number of allylic oxidation sites excluding steroid dienone is 4. The maximum atomic E-state index is 2.99. The first kappa shape index (κ1) is 20.8. The van der Waals surface area contributed by atoms with Gasteiger partial charge in [0, 0.05) is 0 Å². The smallest absolute Gasteiger partial charge is 1.00 e. The summed E-state index contributed by atoms with van der Waals surface area (Å²) >= 11 is 0. The van der Waals surface area contributed by atoms with Gasteiger partial charge in [-0.25, -0.2) is 12.2 Å². The van der Waals surface area contributed by atoms with Crippen molar-refractivity contribution in [3.05, 3.63) is 65.8 Å². The SMILES string of the molecule is [C-]1=CC=CC1.[Cl-].[Cl-].[Zr+4].c1ccc2c(c1)cc1[c-]2CCCC1. The normalized spacial score (nSPS) is 14.1. The summed E-state index contributed by atoms with van der Waals surface area (Å²) in [7, 11) is 0. The van der Waals surface area contributed by atoms with E-state index in [1.807, 2.05) is 12.2 Å². The molecule has 0 N–H and O–H groups in total. The van der Waals surface area contributed by atoms with E-state index < -0.39 is 0 Å². The molecule has 0 saturated heterocycles. The molecule has 108 valence electrons. The van der Waals surface area contributed by atoms with Crippen LogP contribution in [-0.4, -0.2) is 0 Å². The molecule has 3 heteroatoms. The molecule has 0 aromatic heterocycles. The molecule has 0 amide bonds. The quantitative estimate of drug-likeness (QED) is 0.489. The second-order valence-corrected chi connectivity index (χ2v) is 4.95. The largest absolute Gasteiger partial charge is 4.00 e. The molecular formula is C18H18Cl2Zr. The monoisotopic (exact) mass is 394 g/mol. The van der Waals surface area contributed by atoms with Crippen molar-refractivity contribution in [1.82, 2.24) is 0 Å². The summed E-state index contributed by atoms with van der Waals surface area (Å²) in [6.45, 7) is 0. The van der Waals surface area contributed by atoms with E-state index in [4.69, 9.17) is 0 Å². The van der Waals surface area contributed by atoms with Crippen molar-refractivity contribution in [1.29, 1.82) is 0 Å². The minimum Gasteiger partial charge on any atom is -1.00 e. The Balaban J connectivity index is 0.000000437. The van der Waals surface area contributed by atoms with Crippen LogP contribution in [0, 0.1) is 6.08 Å². The number of fused-ring (bicyclic) bond motifs is 3. The molecule has 0 radical (unpaired) electrons. The molecule has 0 saturated carbocycles. The Morgan fingerprint density at radius 2 is 1.86 bits per heavy atom. The fourth-order valence-electron chi connectivity index (χ4n) is 2.82. The molecule has 0 aliphatic heterocycles. The number of halogens is 2. The van der Waals surface area contributed by atoms with Gasteiger partial charge >= 0.3 is 26.2 Å². The van der Waals surface area contributed by atoms with Crippen molar-refractivity contribution in [2.45, 2.75) is 32.1 Å². The van der Waals surface area contributed by atoms with Gasteiger partial charge < -0.3 is 24.8 Å². The van der Waals surface area contributed by atoms with E-state index in [2.05, 4.69) is 42.5 Å². The Hall–Kier alpha value is -0.227. The van der Waals surface area contributed by atoms with Crippen molar-refractivity contribution < 1.29 is 51.0 Å². The Bertz CT molecular complexity index is 586. The van der Waals surface area contributed by atoms with Crippen LogP contribution in [-0.2, 0) is 39.0 Å². The first-order valence-electron chi connectivity index (χ1n) is 6.83. The third-order valence-electron chi connectivity index (χ3n) is 3.71. The van der Waals surface area contributed by atoms with Crippen LogP contribution in [0.25, 0.3) is 10.8 Å². The number of aryl methyl sites for hydroxylation is 2. The minimum absolute atomic E-state index is 0. The van der Waals surface area contributed by atoms with E-state index in [0.717, 1.165) is 6.42 Å². The van der Waals surface area contributed by atoms with Crippen molar-refractivity contribution in [3.63, 3.8) is 0 Å². The average molecular weight is 396 g/mol. The van der Waals surface area contributed by atoms with E-state index in [1.165, 1.54) is 36.5 Å². The Kier molecular flexibility index (Phi) is 10.4. The zero-order valence-electron chi connectivity index (χ0n) is 11.9. The maximum absolute atomic E-state index is 2.99. The summed E-state index contributed by atoms with van der Waals surface area (Å²) < 4.78 is 0. The van der Waals surface area contributed by atoms with E-state index in [-0.39, 0.29) is 51.0 Å². The van der Waals surface area contributed by atoms with Gasteiger partial charge in [0.15, 0.2) is 0 Å². The van der Waals surface area contributed by atoms with Gasteiger partial charge in [-0.2, -0.15) is 12.1 Å². The topological polar surface area (TPSA) is 0 Å². The first-order chi connectivity index (χ1) is 8.95. The minimum atomic E-state index is 0. The first-order valence-corrected chi connectivity index (χ1v) is 6.83. The maximum Gasteiger partial charge on any atom is 4.00 e. The van der Waals surface area contributed by atoms with Crippen molar-refractivity contribution in [2.24, 2.45) is 0 Å². The van der Waals surface area contributed by atoms with E-state index >= 15 is 0 Å². The van der Waals surface area contributed by atoms with Gasteiger partial charge in [-0.15, -0.1) is 46.5 Å². The van der Waals surface area contributed by atoms with Gasteiger partial charge in [-0.3, -0.25) is 6.08 Å². The third-order valence-corrected chi connectivity index (χ3v) is 3.71. The fourth-order valence-corrected chi connectivity index (χ4v) is 2.82. The summed E-state index contributed by atoms with van der Waals surface area (Å²) in [6.07, 6.45) is 15.3. The summed E-state index contributed by atoms with van der Waals surface area (Å²) in [5, 5.41) is 2.94. The molecule has 0 nitrogen and oxygen atoms in total. The van der Waals surface area contributed by atoms with Crippen LogP contribution in [0.15, 0.2) is 48.6 Å². The van der Waals surface area contributed by atoms with Crippen LogP contribution in [0.2, 0.25) is 0 Å². The van der Waals surface area contributed by atoms with Gasteiger partial charge in [0.2, 0.25) is 0 Å². The van der Waals surface area contributed by atoms with Gasteiger partial charge in [0.05, 0.1) is 0 Å². The number of hydrogen-bond acceptors (Lipinski definition) is 0. The molecule has 21 heavy (non-hydrogen) atoms. The second-order valence-electron chi connectivity index (χ2n) is 4.95. The van der Waals surface area contributed by atoms with E-state index in [9.17, 15) is 0 Å². The molecule has 0 fully saturated rings. The predicted molar refractivity (Wildman–Crippen MR) is 77.8 cm³/mol. The molecule has 0 unspecified atom stereocenters. The molecule has 4 rings (SSSR count). The molecule has 0 spiro atoms. The standard InChI is InChI=1S/C13H13.C5H5.2ClH.Zr/c1-3-7-12-10(5-1)9-11-6-2-4-8-13(11)12;1-2-4-5-3-1;;;/h1,3,5,7,9H,2,4,6,8H2;1-3H,4H2;2*1H;/q2*-1;;;+4/p-2. The molecule has 2 aromatic carbocycles. The van der Waals surface area contributed by atoms with Crippen LogP contribution < -0.4 is 24.8 Å². The summed E-state index contributed by atoms with van der Waals surface area (Å²) in [5.74, 6) is 0. The molecule has 0 heterocycles. The van der Waals surface area contributed by atoms with Crippen LogP contribution >= 0.6 is 0 Å². The summed E-state index contributed by atoms with van der Waals surface area (Å²) in [5.41, 5.74) is 3.23. The van der Waals surface area contributed by atoms with E-state index in [0.29, 0.717) is 0 Å². The van der Waals surface area contributed by atoms with Crippen LogP contribution in [0.5, 0.6) is 0 Å². The number of rotatable bonds is 0. The van der Waals surface area contributed by atoms with Gasteiger partial charge in [0.25, 0.3) is 0 Å². The van der Waals surface area contributed by atoms with Gasteiger partial charge in [-0.1, -0.05) is 25.3 Å². The van der Waals surface area contributed by atoms with E-state index in [1.54, 1.807) is 11.1 Å². The molecular weight excluding hydrogens is 378 g/mol. The van der Waals surface area contributed by atoms with Crippen LogP contribution in [0.3, 0.4) is 0 Å². The molecule has 0 bridgehead atoms. The summed E-state index contributed by atoms with van der Waals surface area (Å²) in [6, 6.07) is 11.2. The number of hydrogen-bond donors (Lipinski definition) is 0. The van der Waals surface area contributed by atoms with Crippen LogP contribution in [0.4, 0.5) is 0 Å². The molecule has 0 atom stereocenters. The van der Waals surface area contributed by atoms with Crippen molar-refractivity contribution >= 4 is 10.8 Å². The molecule has 2 aliphatic carbocycles. The molecule has 2 aromatic rings. The zero-order valence-corrected chi connectivity index (χ0v) is 15.9. The van der Waals surface area contributed by atoms with Gasteiger partial charge in [0.1, 0.15) is 0 Å². The second kappa shape index (κ2) is 10.5. The predicted octanol–water partition coefficient (Wildman–Crippen LogP) is -1.25. The van der Waals surface area contributed by atoms with Gasteiger partial charge in [-0.05, 0) is 6.42 Å². The summed E-state index contributed by atoms with van der Waals surface area (Å²) in [4.78, 5) is 0.